The Balaban J connectivity index is 1.17. The summed E-state index contributed by atoms with van der Waals surface area (Å²) < 4.78 is 5.52. The second-order valence-electron chi connectivity index (χ2n) is 8.56. The number of nitrogens with one attached hydrogen (secondary N) is 2. The van der Waals surface area contributed by atoms with Gasteiger partial charge in [0.05, 0.1) is 12.1 Å². The van der Waals surface area contributed by atoms with Crippen LogP contribution in [0.5, 0.6) is 0 Å². The number of carboxylic acid groups (broad SMARTS) is 1. The second kappa shape index (κ2) is 8.90. The highest BCUT2D eigenvalue weighted by atomic mass is 32.1. The lowest BCUT2D eigenvalue weighted by Crippen LogP contribution is -2.59. The number of carboxylic acids is 1. The van der Waals surface area contributed by atoms with E-state index in [9.17, 15) is 19.5 Å². The van der Waals surface area contributed by atoms with Crippen LogP contribution in [0.4, 0.5) is 9.93 Å². The van der Waals surface area contributed by atoms with Crippen molar-refractivity contribution in [2.24, 2.45) is 0 Å². The maximum absolute atomic E-state index is 12.4. The minimum absolute atomic E-state index is 0.0400. The molecule has 1 aromatic heterocycles. The number of hydrogen-bond acceptors (Lipinski definition) is 6. The van der Waals surface area contributed by atoms with Gasteiger partial charge in [-0.1, -0.05) is 48.5 Å². The summed E-state index contributed by atoms with van der Waals surface area (Å²) in [6.07, 6.45) is 0.959. The smallest absolute Gasteiger partial charge is 0.413 e. The number of carbonyl (C=O) groups is 3. The summed E-state index contributed by atoms with van der Waals surface area (Å²) >= 11 is 1.18. The van der Waals surface area contributed by atoms with Gasteiger partial charge in [-0.3, -0.25) is 10.1 Å². The third-order valence-electron chi connectivity index (χ3n) is 6.44. The first-order valence-electron chi connectivity index (χ1n) is 11.1. The standard InChI is InChI=1S/C25H23N3O5S/c29-21(28-25(22(30)31)10-5-11-25)12-15-14-34-23(26-15)27-24(32)33-13-20-18-8-3-1-6-16(18)17-7-2-4-9-19(17)20/h1-4,6-9,14,20H,5,10-13H2,(H,28,29)(H,30,31)(H,26,27,32). The van der Waals surface area contributed by atoms with Crippen molar-refractivity contribution in [2.75, 3.05) is 11.9 Å². The zero-order valence-electron chi connectivity index (χ0n) is 18.2. The summed E-state index contributed by atoms with van der Waals surface area (Å²) in [6, 6.07) is 16.2. The molecule has 2 aliphatic carbocycles. The first kappa shape index (κ1) is 22.1. The molecule has 3 aromatic rings. The number of amides is 2. The Morgan fingerprint density at radius 2 is 1.71 bits per heavy atom. The van der Waals surface area contributed by atoms with Crippen molar-refractivity contribution in [3.8, 4) is 11.1 Å². The Morgan fingerprint density at radius 3 is 2.29 bits per heavy atom. The van der Waals surface area contributed by atoms with Crippen LogP contribution in [-0.2, 0) is 20.7 Å². The molecule has 2 aromatic carbocycles. The van der Waals surface area contributed by atoms with E-state index in [1.165, 1.54) is 11.3 Å². The molecule has 0 saturated heterocycles. The molecule has 174 valence electrons. The molecule has 0 spiro atoms. The molecule has 0 atom stereocenters. The Hall–Kier alpha value is -3.72. The molecule has 9 heteroatoms. The lowest BCUT2D eigenvalue weighted by molar-refractivity contribution is -0.151. The number of anilines is 1. The van der Waals surface area contributed by atoms with Gasteiger partial charge in [0, 0.05) is 11.3 Å². The number of fused-ring (bicyclic) bond motifs is 3. The number of rotatable bonds is 7. The van der Waals surface area contributed by atoms with E-state index >= 15 is 0 Å². The van der Waals surface area contributed by atoms with Crippen molar-refractivity contribution < 1.29 is 24.2 Å². The lowest BCUT2D eigenvalue weighted by Gasteiger charge is -2.38. The number of hydrogen-bond donors (Lipinski definition) is 3. The van der Waals surface area contributed by atoms with E-state index in [0.717, 1.165) is 28.7 Å². The summed E-state index contributed by atoms with van der Waals surface area (Å²) in [6.45, 7) is 0.192. The summed E-state index contributed by atoms with van der Waals surface area (Å²) in [5.41, 5.74) is 3.86. The van der Waals surface area contributed by atoms with Gasteiger partial charge in [0.2, 0.25) is 5.91 Å². The number of aliphatic carboxylic acids is 1. The van der Waals surface area contributed by atoms with Crippen LogP contribution in [0, 0.1) is 0 Å². The largest absolute Gasteiger partial charge is 0.480 e. The topological polar surface area (TPSA) is 118 Å². The van der Waals surface area contributed by atoms with E-state index in [1.54, 1.807) is 5.38 Å². The van der Waals surface area contributed by atoms with Crippen molar-refractivity contribution in [1.29, 1.82) is 0 Å². The van der Waals surface area contributed by atoms with E-state index in [1.807, 2.05) is 24.3 Å². The van der Waals surface area contributed by atoms with Crippen LogP contribution >= 0.6 is 11.3 Å². The Morgan fingerprint density at radius 1 is 1.06 bits per heavy atom. The summed E-state index contributed by atoms with van der Waals surface area (Å²) in [4.78, 5) is 40.4. The highest BCUT2D eigenvalue weighted by Gasteiger charge is 2.45. The number of aromatic nitrogens is 1. The van der Waals surface area contributed by atoms with Crippen LogP contribution in [0.1, 0.15) is 42.0 Å². The maximum atomic E-state index is 12.4. The average Bonchev–Trinajstić information content (AvgIpc) is 3.36. The van der Waals surface area contributed by atoms with Gasteiger partial charge in [0.25, 0.3) is 0 Å². The minimum Gasteiger partial charge on any atom is -0.480 e. The molecule has 1 saturated carbocycles. The zero-order valence-corrected chi connectivity index (χ0v) is 19.1. The van der Waals surface area contributed by atoms with Crippen LogP contribution in [0.15, 0.2) is 53.9 Å². The van der Waals surface area contributed by atoms with Gasteiger partial charge >= 0.3 is 12.1 Å². The van der Waals surface area contributed by atoms with Gasteiger partial charge < -0.3 is 15.2 Å². The molecule has 1 heterocycles. The molecule has 1 fully saturated rings. The van der Waals surface area contributed by atoms with Gasteiger partial charge in [-0.2, -0.15) is 0 Å². The van der Waals surface area contributed by atoms with E-state index in [0.29, 0.717) is 23.7 Å². The average molecular weight is 478 g/mol. The number of thiazole rings is 1. The first-order chi connectivity index (χ1) is 16.4. The minimum atomic E-state index is -1.16. The monoisotopic (exact) mass is 477 g/mol. The third-order valence-corrected chi connectivity index (χ3v) is 7.25. The number of carbonyl (C=O) groups excluding carboxylic acids is 2. The molecule has 8 nitrogen and oxygen atoms in total. The summed E-state index contributed by atoms with van der Waals surface area (Å²) in [5.74, 6) is -1.45. The zero-order chi connectivity index (χ0) is 23.7. The molecule has 0 unspecified atom stereocenters. The predicted octanol–water partition coefficient (Wildman–Crippen LogP) is 4.17. The molecular formula is C25H23N3O5S. The number of ether oxygens (including phenoxy) is 1. The molecule has 2 aliphatic rings. The van der Waals surface area contributed by atoms with Crippen molar-refractivity contribution in [1.82, 2.24) is 10.3 Å². The van der Waals surface area contributed by atoms with Gasteiger partial charge in [0.1, 0.15) is 12.1 Å². The number of nitrogens with zero attached hydrogens (tertiary/aromatic N) is 1. The second-order valence-corrected chi connectivity index (χ2v) is 9.42. The first-order valence-corrected chi connectivity index (χ1v) is 11.9. The van der Waals surface area contributed by atoms with Crippen molar-refractivity contribution >= 4 is 34.4 Å². The van der Waals surface area contributed by atoms with E-state index in [4.69, 9.17) is 4.74 Å². The molecule has 0 radical (unpaired) electrons. The van der Waals surface area contributed by atoms with Crippen LogP contribution in [0.3, 0.4) is 0 Å². The molecule has 5 rings (SSSR count). The Labute approximate surface area is 200 Å². The molecule has 0 aliphatic heterocycles. The SMILES string of the molecule is O=C(Cc1csc(NC(=O)OCC2c3ccccc3-c3ccccc32)n1)NC1(C(=O)O)CCC1. The Bertz CT molecular complexity index is 1220. The quantitative estimate of drug-likeness (QED) is 0.470. The van der Waals surface area contributed by atoms with Crippen molar-refractivity contribution in [2.45, 2.75) is 37.1 Å². The summed E-state index contributed by atoms with van der Waals surface area (Å²) in [5, 5.41) is 16.6. The van der Waals surface area contributed by atoms with Crippen molar-refractivity contribution in [3.63, 3.8) is 0 Å². The van der Waals surface area contributed by atoms with Crippen LogP contribution in [0.2, 0.25) is 0 Å². The maximum Gasteiger partial charge on any atom is 0.413 e. The predicted molar refractivity (Wildman–Crippen MR) is 127 cm³/mol. The highest BCUT2D eigenvalue weighted by molar-refractivity contribution is 7.13. The molecule has 2 amide bonds. The van der Waals surface area contributed by atoms with E-state index < -0.39 is 23.5 Å². The molecule has 34 heavy (non-hydrogen) atoms. The number of benzene rings is 2. The third kappa shape index (κ3) is 4.14. The van der Waals surface area contributed by atoms with Gasteiger partial charge in [-0.15, -0.1) is 11.3 Å². The van der Waals surface area contributed by atoms with Crippen LogP contribution in [-0.4, -0.2) is 40.2 Å². The van der Waals surface area contributed by atoms with E-state index in [2.05, 4.69) is 39.9 Å². The fourth-order valence-corrected chi connectivity index (χ4v) is 5.26. The van der Waals surface area contributed by atoms with E-state index in [-0.39, 0.29) is 18.9 Å². The lowest BCUT2D eigenvalue weighted by atomic mass is 9.76. The molecular weight excluding hydrogens is 454 g/mol. The van der Waals surface area contributed by atoms with Gasteiger partial charge in [-0.05, 0) is 41.5 Å². The van der Waals surface area contributed by atoms with Gasteiger partial charge in [-0.25, -0.2) is 14.6 Å². The highest BCUT2D eigenvalue weighted by Crippen LogP contribution is 2.44. The van der Waals surface area contributed by atoms with Crippen LogP contribution in [0.25, 0.3) is 11.1 Å². The molecule has 0 bridgehead atoms. The Kier molecular flexibility index (Phi) is 5.79. The fourth-order valence-electron chi connectivity index (χ4n) is 4.57. The van der Waals surface area contributed by atoms with Gasteiger partial charge in [0.15, 0.2) is 5.13 Å². The van der Waals surface area contributed by atoms with Crippen LogP contribution < -0.4 is 10.6 Å². The van der Waals surface area contributed by atoms with Crippen molar-refractivity contribution in [3.05, 3.63) is 70.7 Å². The molecule has 3 N–H and O–H groups in total. The normalized spacial score (nSPS) is 15.5. The fraction of sp³-hybridized carbons (Fsp3) is 0.280. The summed E-state index contributed by atoms with van der Waals surface area (Å²) in [7, 11) is 0.